The van der Waals surface area contributed by atoms with Gasteiger partial charge < -0.3 is 10.1 Å². The minimum absolute atomic E-state index is 0.0134. The van der Waals surface area contributed by atoms with Gasteiger partial charge in [-0.1, -0.05) is 0 Å². The first kappa shape index (κ1) is 17.0. The largest absolute Gasteiger partial charge is 0.453 e. The van der Waals surface area contributed by atoms with Gasteiger partial charge in [0.25, 0.3) is 0 Å². The van der Waals surface area contributed by atoms with E-state index < -0.39 is 12.1 Å². The van der Waals surface area contributed by atoms with Crippen LogP contribution in [0.25, 0.3) is 0 Å². The molecule has 0 heterocycles. The van der Waals surface area contributed by atoms with Crippen LogP contribution >= 0.6 is 0 Å². The van der Waals surface area contributed by atoms with Gasteiger partial charge in [-0.3, -0.25) is 14.4 Å². The average molecular weight is 347 g/mol. The number of esters is 1. The summed E-state index contributed by atoms with van der Waals surface area (Å²) >= 11 is 0. The Bertz CT molecular complexity index is 535. The molecule has 138 valence electrons. The van der Waals surface area contributed by atoms with Crippen LogP contribution in [0.3, 0.4) is 0 Å². The highest BCUT2D eigenvalue weighted by Gasteiger charge is 2.51. The summed E-state index contributed by atoms with van der Waals surface area (Å²) in [5.74, 6) is 1.96. The topological polar surface area (TPSA) is 72.5 Å². The highest BCUT2D eigenvalue weighted by molar-refractivity contribution is 5.87. The van der Waals surface area contributed by atoms with Crippen molar-refractivity contribution in [1.29, 1.82) is 0 Å². The van der Waals surface area contributed by atoms with Gasteiger partial charge in [0.05, 0.1) is 0 Å². The summed E-state index contributed by atoms with van der Waals surface area (Å²) in [5, 5.41) is 2.74. The van der Waals surface area contributed by atoms with Crippen molar-refractivity contribution in [2.75, 3.05) is 6.54 Å². The smallest absolute Gasteiger partial charge is 0.326 e. The second-order valence-electron chi connectivity index (χ2n) is 9.06. The number of carbonyl (C=O) groups excluding carboxylic acids is 3. The van der Waals surface area contributed by atoms with Crippen LogP contribution in [0.1, 0.15) is 70.6 Å². The lowest BCUT2D eigenvalue weighted by molar-refractivity contribution is -0.156. The van der Waals surface area contributed by atoms with Crippen molar-refractivity contribution in [2.24, 2.45) is 23.2 Å². The molecule has 5 aliphatic rings. The molecule has 5 rings (SSSR count). The molecule has 5 saturated carbocycles. The Morgan fingerprint density at radius 1 is 1.04 bits per heavy atom. The lowest BCUT2D eigenvalue weighted by Crippen LogP contribution is -2.48. The van der Waals surface area contributed by atoms with E-state index in [4.69, 9.17) is 4.74 Å². The number of amides is 1. The number of ketones is 1. The van der Waals surface area contributed by atoms with Crippen molar-refractivity contribution in [3.05, 3.63) is 0 Å². The van der Waals surface area contributed by atoms with Gasteiger partial charge in [0.15, 0.2) is 11.9 Å². The molecule has 0 aromatic carbocycles. The van der Waals surface area contributed by atoms with E-state index in [1.165, 1.54) is 38.5 Å². The number of carbonyl (C=O) groups is 3. The summed E-state index contributed by atoms with van der Waals surface area (Å²) in [6.07, 6.45) is 10.5. The molecule has 0 aromatic rings. The maximum absolute atomic E-state index is 12.4. The molecule has 5 aliphatic carbocycles. The van der Waals surface area contributed by atoms with Crippen molar-refractivity contribution in [3.63, 3.8) is 0 Å². The van der Waals surface area contributed by atoms with Gasteiger partial charge in [-0.25, -0.2) is 0 Å². The van der Waals surface area contributed by atoms with Crippen LogP contribution in [0.15, 0.2) is 0 Å². The monoisotopic (exact) mass is 347 g/mol. The van der Waals surface area contributed by atoms with Gasteiger partial charge in [-0.2, -0.15) is 0 Å². The second kappa shape index (κ2) is 6.73. The molecule has 0 radical (unpaired) electrons. The third-order valence-electron chi connectivity index (χ3n) is 6.90. The van der Waals surface area contributed by atoms with Gasteiger partial charge in [0.2, 0.25) is 5.91 Å². The Hall–Kier alpha value is -1.39. The van der Waals surface area contributed by atoms with E-state index in [0.717, 1.165) is 30.6 Å². The predicted octanol–water partition coefficient (Wildman–Crippen LogP) is 2.76. The van der Waals surface area contributed by atoms with Crippen LogP contribution in [0.4, 0.5) is 0 Å². The molecule has 1 amide bonds. The minimum Gasteiger partial charge on any atom is -0.453 e. The highest BCUT2D eigenvalue weighted by atomic mass is 16.5. The number of hydrogen-bond donors (Lipinski definition) is 1. The third-order valence-corrected chi connectivity index (χ3v) is 6.90. The summed E-state index contributed by atoms with van der Waals surface area (Å²) in [6.45, 7) is -0.116. The molecule has 4 bridgehead atoms. The van der Waals surface area contributed by atoms with E-state index in [2.05, 4.69) is 5.32 Å². The first-order valence-electron chi connectivity index (χ1n) is 10.0. The molecule has 0 aromatic heterocycles. The van der Waals surface area contributed by atoms with Crippen LogP contribution in [-0.2, 0) is 19.1 Å². The number of hydrogen-bond acceptors (Lipinski definition) is 4. The summed E-state index contributed by atoms with van der Waals surface area (Å²) in [6, 6.07) is 0. The van der Waals surface area contributed by atoms with E-state index in [1.54, 1.807) is 0 Å². The van der Waals surface area contributed by atoms with Crippen LogP contribution < -0.4 is 5.32 Å². The molecule has 5 fully saturated rings. The van der Waals surface area contributed by atoms with E-state index >= 15 is 0 Å². The Morgan fingerprint density at radius 3 is 2.28 bits per heavy atom. The van der Waals surface area contributed by atoms with Gasteiger partial charge in [0, 0.05) is 12.8 Å². The maximum atomic E-state index is 12.4. The number of ether oxygens (including phenoxy) is 1. The molecule has 1 atom stereocenters. The summed E-state index contributed by atoms with van der Waals surface area (Å²) < 4.78 is 5.24. The predicted molar refractivity (Wildman–Crippen MR) is 91.6 cm³/mol. The summed E-state index contributed by atoms with van der Waals surface area (Å²) in [4.78, 5) is 36.1. The molecular formula is C20H29NO4. The van der Waals surface area contributed by atoms with Crippen LogP contribution in [-0.4, -0.2) is 30.3 Å². The van der Waals surface area contributed by atoms with Crippen LogP contribution in [0.5, 0.6) is 0 Å². The Kier molecular flexibility index (Phi) is 4.59. The minimum atomic E-state index is -0.596. The number of nitrogens with one attached hydrogen (secondary N) is 1. The van der Waals surface area contributed by atoms with Gasteiger partial charge in [0.1, 0.15) is 6.54 Å². The molecule has 0 unspecified atom stereocenters. The zero-order valence-corrected chi connectivity index (χ0v) is 14.9. The van der Waals surface area contributed by atoms with Crippen molar-refractivity contribution >= 4 is 17.7 Å². The van der Waals surface area contributed by atoms with Crippen molar-refractivity contribution < 1.29 is 19.1 Å². The van der Waals surface area contributed by atoms with E-state index in [0.29, 0.717) is 19.3 Å². The Morgan fingerprint density at radius 2 is 1.68 bits per heavy atom. The van der Waals surface area contributed by atoms with E-state index in [9.17, 15) is 14.4 Å². The fraction of sp³-hybridized carbons (Fsp3) is 0.850. The molecule has 0 aliphatic heterocycles. The van der Waals surface area contributed by atoms with Gasteiger partial charge in [-0.15, -0.1) is 0 Å². The SMILES string of the molecule is O=C(CC12CC3CC(CC(C3)C1)C2)NCC(=O)O[C@H]1CCCCC1=O. The van der Waals surface area contributed by atoms with Crippen molar-refractivity contribution in [3.8, 4) is 0 Å². The molecule has 5 nitrogen and oxygen atoms in total. The lowest BCUT2D eigenvalue weighted by atomic mass is 9.49. The Balaban J connectivity index is 1.24. The van der Waals surface area contributed by atoms with Crippen LogP contribution in [0, 0.1) is 23.2 Å². The first-order valence-corrected chi connectivity index (χ1v) is 10.0. The zero-order chi connectivity index (χ0) is 17.4. The van der Waals surface area contributed by atoms with Gasteiger partial charge in [-0.05, 0) is 81.0 Å². The van der Waals surface area contributed by atoms with Gasteiger partial charge >= 0.3 is 5.97 Å². The lowest BCUT2D eigenvalue weighted by Gasteiger charge is -2.56. The molecule has 0 saturated heterocycles. The second-order valence-corrected chi connectivity index (χ2v) is 9.06. The normalized spacial score (nSPS) is 39.3. The molecule has 0 spiro atoms. The van der Waals surface area contributed by atoms with Crippen molar-refractivity contribution in [2.45, 2.75) is 76.7 Å². The maximum Gasteiger partial charge on any atom is 0.326 e. The number of rotatable bonds is 5. The standard InChI is InChI=1S/C20H29NO4/c22-16-3-1-2-4-17(16)25-19(24)12-21-18(23)11-20-8-13-5-14(9-20)7-15(6-13)10-20/h13-15,17H,1-12H2,(H,21,23)/t13?,14?,15?,17-,20?/m0/s1. The summed E-state index contributed by atoms with van der Waals surface area (Å²) in [7, 11) is 0. The van der Waals surface area contributed by atoms with Crippen LogP contribution in [0.2, 0.25) is 0 Å². The Labute approximate surface area is 149 Å². The quantitative estimate of drug-likeness (QED) is 0.776. The zero-order valence-electron chi connectivity index (χ0n) is 14.9. The molecule has 1 N–H and O–H groups in total. The first-order chi connectivity index (χ1) is 12.0. The molecular weight excluding hydrogens is 318 g/mol. The number of Topliss-reactive ketones (excluding diaryl/α,β-unsaturated/α-hetero) is 1. The van der Waals surface area contributed by atoms with E-state index in [1.807, 2.05) is 0 Å². The fourth-order valence-electron chi connectivity index (χ4n) is 6.36. The van der Waals surface area contributed by atoms with E-state index in [-0.39, 0.29) is 23.7 Å². The molecule has 25 heavy (non-hydrogen) atoms. The average Bonchev–Trinajstić information content (AvgIpc) is 2.53. The van der Waals surface area contributed by atoms with Crippen molar-refractivity contribution in [1.82, 2.24) is 5.32 Å². The highest BCUT2D eigenvalue weighted by Crippen LogP contribution is 2.61. The fourth-order valence-corrected chi connectivity index (χ4v) is 6.36. The molecule has 5 heteroatoms. The third kappa shape index (κ3) is 3.75. The summed E-state index contributed by atoms with van der Waals surface area (Å²) in [5.41, 5.74) is 0.183.